The van der Waals surface area contributed by atoms with Gasteiger partial charge in [0.15, 0.2) is 0 Å². The topological polar surface area (TPSA) is 12.9 Å². The van der Waals surface area contributed by atoms with E-state index in [1.165, 1.54) is 26.7 Å². The Morgan fingerprint density at radius 3 is 2.83 bits per heavy atom. The van der Waals surface area contributed by atoms with Crippen molar-refractivity contribution in [2.75, 3.05) is 0 Å². The lowest BCUT2D eigenvalue weighted by Crippen LogP contribution is -1.81. The fourth-order valence-corrected chi connectivity index (χ4v) is 2.71. The smallest absolute Gasteiger partial charge is 0.0340 e. The van der Waals surface area contributed by atoms with Crippen LogP contribution in [0.4, 0.5) is 0 Å². The second kappa shape index (κ2) is 5.68. The first-order valence-electron chi connectivity index (χ1n) is 5.72. The summed E-state index contributed by atoms with van der Waals surface area (Å²) in [5.74, 6) is 0. The lowest BCUT2D eigenvalue weighted by molar-refractivity contribution is 1.08. The molecule has 3 heteroatoms. The van der Waals surface area contributed by atoms with E-state index in [-0.39, 0.29) is 12.4 Å². The van der Waals surface area contributed by atoms with Crippen LogP contribution in [-0.4, -0.2) is 4.98 Å². The second-order valence-electron chi connectivity index (χ2n) is 4.26. The summed E-state index contributed by atoms with van der Waals surface area (Å²) in [4.78, 5) is 4.14. The van der Waals surface area contributed by atoms with E-state index < -0.39 is 0 Å². The van der Waals surface area contributed by atoms with Crippen molar-refractivity contribution in [3.63, 3.8) is 0 Å². The van der Waals surface area contributed by atoms with Gasteiger partial charge in [-0.05, 0) is 59.4 Å². The van der Waals surface area contributed by atoms with Gasteiger partial charge >= 0.3 is 0 Å². The monoisotopic (exact) mass is 321 g/mol. The van der Waals surface area contributed by atoms with Crippen LogP contribution < -0.4 is 0 Å². The molecule has 1 aromatic heterocycles. The SMILES string of the molecule is Brc1ccc2c(c1)CC/C2=C/c1cccnc1.Cl. The van der Waals surface area contributed by atoms with E-state index in [0.717, 1.165) is 12.8 Å². The highest BCUT2D eigenvalue weighted by Gasteiger charge is 2.15. The van der Waals surface area contributed by atoms with E-state index in [9.17, 15) is 0 Å². The van der Waals surface area contributed by atoms with Crippen molar-refractivity contribution in [3.05, 3.63) is 63.9 Å². The average molecular weight is 323 g/mol. The molecule has 0 fully saturated rings. The minimum Gasteiger partial charge on any atom is -0.264 e. The number of nitrogens with zero attached hydrogens (tertiary/aromatic N) is 1. The van der Waals surface area contributed by atoms with Gasteiger partial charge in [0.25, 0.3) is 0 Å². The number of rotatable bonds is 1. The molecule has 0 amide bonds. The van der Waals surface area contributed by atoms with Crippen LogP contribution in [0.15, 0.2) is 47.2 Å². The molecule has 18 heavy (non-hydrogen) atoms. The molecule has 0 aliphatic heterocycles. The number of aryl methyl sites for hydroxylation is 1. The number of hydrogen-bond donors (Lipinski definition) is 0. The van der Waals surface area contributed by atoms with E-state index in [1.807, 2.05) is 18.5 Å². The molecule has 3 rings (SSSR count). The summed E-state index contributed by atoms with van der Waals surface area (Å²) in [5, 5.41) is 0. The summed E-state index contributed by atoms with van der Waals surface area (Å²) in [6, 6.07) is 10.6. The van der Waals surface area contributed by atoms with Gasteiger partial charge in [0.05, 0.1) is 0 Å². The fraction of sp³-hybridized carbons (Fsp3) is 0.133. The van der Waals surface area contributed by atoms with Crippen molar-refractivity contribution in [2.24, 2.45) is 0 Å². The van der Waals surface area contributed by atoms with E-state index in [2.05, 4.69) is 51.3 Å². The van der Waals surface area contributed by atoms with Crippen molar-refractivity contribution >= 4 is 40.0 Å². The summed E-state index contributed by atoms with van der Waals surface area (Å²) < 4.78 is 1.17. The van der Waals surface area contributed by atoms with Crippen LogP contribution in [0.2, 0.25) is 0 Å². The molecule has 0 N–H and O–H groups in total. The fourth-order valence-electron chi connectivity index (χ4n) is 2.30. The number of allylic oxidation sites excluding steroid dienone is 1. The van der Waals surface area contributed by atoms with Crippen molar-refractivity contribution in [1.29, 1.82) is 0 Å². The number of hydrogen-bond acceptors (Lipinski definition) is 1. The number of pyridine rings is 1. The minimum absolute atomic E-state index is 0. The summed E-state index contributed by atoms with van der Waals surface area (Å²) >= 11 is 3.52. The van der Waals surface area contributed by atoms with Crippen LogP contribution in [0.25, 0.3) is 11.6 Å². The van der Waals surface area contributed by atoms with Crippen LogP contribution in [-0.2, 0) is 6.42 Å². The molecule has 2 aromatic rings. The molecule has 0 bridgehead atoms. The summed E-state index contributed by atoms with van der Waals surface area (Å²) in [5.41, 5.74) is 5.42. The van der Waals surface area contributed by atoms with Gasteiger partial charge in [-0.2, -0.15) is 0 Å². The minimum atomic E-state index is 0. The maximum atomic E-state index is 4.14. The van der Waals surface area contributed by atoms with Crippen LogP contribution in [0, 0.1) is 0 Å². The Hall–Kier alpha value is -1.12. The number of benzene rings is 1. The zero-order valence-corrected chi connectivity index (χ0v) is 12.2. The van der Waals surface area contributed by atoms with Crippen molar-refractivity contribution < 1.29 is 0 Å². The number of fused-ring (bicyclic) bond motifs is 1. The molecule has 92 valence electrons. The molecule has 0 atom stereocenters. The Morgan fingerprint density at radius 2 is 2.06 bits per heavy atom. The Kier molecular flexibility index (Phi) is 4.20. The standard InChI is InChI=1S/C15H12BrN.ClH/c16-14-5-6-15-12(3-4-13(15)9-14)8-11-2-1-7-17-10-11;/h1-2,5-10H,3-4H2;1H/b12-8-;. The Labute approximate surface area is 121 Å². The highest BCUT2D eigenvalue weighted by Crippen LogP contribution is 2.34. The van der Waals surface area contributed by atoms with Crippen LogP contribution >= 0.6 is 28.3 Å². The molecule has 0 saturated heterocycles. The van der Waals surface area contributed by atoms with Crippen LogP contribution in [0.5, 0.6) is 0 Å². The number of halogens is 2. The third-order valence-corrected chi connectivity index (χ3v) is 3.60. The lowest BCUT2D eigenvalue weighted by atomic mass is 10.1. The van der Waals surface area contributed by atoms with Gasteiger partial charge in [-0.25, -0.2) is 0 Å². The van der Waals surface area contributed by atoms with Gasteiger partial charge in [-0.3, -0.25) is 4.98 Å². The maximum absolute atomic E-state index is 4.14. The first-order chi connectivity index (χ1) is 8.33. The van der Waals surface area contributed by atoms with Crippen LogP contribution in [0.1, 0.15) is 23.1 Å². The second-order valence-corrected chi connectivity index (χ2v) is 5.17. The third kappa shape index (κ3) is 2.65. The Balaban J connectivity index is 0.00000120. The van der Waals surface area contributed by atoms with Gasteiger partial charge in [0, 0.05) is 16.9 Å². The Bertz CT molecular complexity index is 578. The quantitative estimate of drug-likeness (QED) is 0.738. The molecule has 1 aliphatic rings. The summed E-state index contributed by atoms with van der Waals surface area (Å²) in [6.07, 6.45) is 8.22. The summed E-state index contributed by atoms with van der Waals surface area (Å²) in [7, 11) is 0. The van der Waals surface area contributed by atoms with Gasteiger partial charge in [0.2, 0.25) is 0 Å². The molecule has 0 unspecified atom stereocenters. The van der Waals surface area contributed by atoms with E-state index in [4.69, 9.17) is 0 Å². The lowest BCUT2D eigenvalue weighted by Gasteiger charge is -2.01. The zero-order chi connectivity index (χ0) is 11.7. The first kappa shape index (κ1) is 13.3. The zero-order valence-electron chi connectivity index (χ0n) is 9.77. The molecule has 0 radical (unpaired) electrons. The molecule has 0 saturated carbocycles. The van der Waals surface area contributed by atoms with Crippen molar-refractivity contribution in [1.82, 2.24) is 4.98 Å². The first-order valence-corrected chi connectivity index (χ1v) is 6.51. The highest BCUT2D eigenvalue weighted by molar-refractivity contribution is 9.10. The van der Waals surface area contributed by atoms with Crippen molar-refractivity contribution in [2.45, 2.75) is 12.8 Å². The van der Waals surface area contributed by atoms with E-state index in [0.29, 0.717) is 0 Å². The van der Waals surface area contributed by atoms with Gasteiger partial charge in [0.1, 0.15) is 0 Å². The summed E-state index contributed by atoms with van der Waals surface area (Å²) in [6.45, 7) is 0. The predicted molar refractivity (Wildman–Crippen MR) is 81.8 cm³/mol. The average Bonchev–Trinajstić information content (AvgIpc) is 2.73. The molecular weight excluding hydrogens is 310 g/mol. The Morgan fingerprint density at radius 1 is 1.17 bits per heavy atom. The third-order valence-electron chi connectivity index (χ3n) is 3.10. The van der Waals surface area contributed by atoms with Gasteiger partial charge < -0.3 is 0 Å². The molecular formula is C15H13BrClN. The maximum Gasteiger partial charge on any atom is 0.0340 e. The molecule has 1 aromatic carbocycles. The normalized spacial score (nSPS) is 15.3. The van der Waals surface area contributed by atoms with E-state index >= 15 is 0 Å². The largest absolute Gasteiger partial charge is 0.264 e. The molecule has 1 aliphatic carbocycles. The number of aromatic nitrogens is 1. The van der Waals surface area contributed by atoms with E-state index in [1.54, 1.807) is 0 Å². The van der Waals surface area contributed by atoms with Crippen LogP contribution in [0.3, 0.4) is 0 Å². The molecule has 0 spiro atoms. The van der Waals surface area contributed by atoms with Crippen molar-refractivity contribution in [3.8, 4) is 0 Å². The highest BCUT2D eigenvalue weighted by atomic mass is 79.9. The van der Waals surface area contributed by atoms with Gasteiger partial charge in [-0.1, -0.05) is 28.1 Å². The predicted octanol–water partition coefficient (Wildman–Crippen LogP) is 4.75. The molecule has 1 nitrogen and oxygen atoms in total. The van der Waals surface area contributed by atoms with Gasteiger partial charge in [-0.15, -0.1) is 12.4 Å². The molecule has 1 heterocycles.